The van der Waals surface area contributed by atoms with E-state index in [0.717, 1.165) is 22.3 Å². The maximum atomic E-state index is 12.1. The first-order valence-corrected chi connectivity index (χ1v) is 7.93. The lowest BCUT2D eigenvalue weighted by atomic mass is 10.2. The van der Waals surface area contributed by atoms with Crippen LogP contribution in [0.1, 0.15) is 12.7 Å². The van der Waals surface area contributed by atoms with Crippen molar-refractivity contribution in [3.05, 3.63) is 30.1 Å². The fourth-order valence-corrected chi connectivity index (χ4v) is 3.11. The van der Waals surface area contributed by atoms with Gasteiger partial charge in [-0.25, -0.2) is 4.98 Å². The number of rotatable bonds is 5. The van der Waals surface area contributed by atoms with Crippen molar-refractivity contribution in [1.29, 1.82) is 0 Å². The highest BCUT2D eigenvalue weighted by Crippen LogP contribution is 2.22. The zero-order valence-electron chi connectivity index (χ0n) is 11.4. The van der Waals surface area contributed by atoms with Crippen LogP contribution in [0.25, 0.3) is 0 Å². The summed E-state index contributed by atoms with van der Waals surface area (Å²) in [5.41, 5.74) is 7.15. The number of aryl methyl sites for hydroxylation is 1. The lowest BCUT2D eigenvalue weighted by Crippen LogP contribution is -2.27. The van der Waals surface area contributed by atoms with Crippen molar-refractivity contribution in [2.24, 2.45) is 0 Å². The van der Waals surface area contributed by atoms with Gasteiger partial charge in [-0.1, -0.05) is 18.7 Å². The maximum absolute atomic E-state index is 12.1. The lowest BCUT2D eigenvalue weighted by molar-refractivity contribution is -0.115. The van der Waals surface area contributed by atoms with Crippen LogP contribution in [0.3, 0.4) is 0 Å². The van der Waals surface area contributed by atoms with Gasteiger partial charge in [0.15, 0.2) is 4.34 Å². The molecule has 2 aromatic rings. The van der Waals surface area contributed by atoms with Gasteiger partial charge < -0.3 is 10.6 Å². The average molecular weight is 308 g/mol. The first kappa shape index (κ1) is 14.8. The molecule has 0 radical (unpaired) electrons. The van der Waals surface area contributed by atoms with Crippen LogP contribution in [0.5, 0.6) is 0 Å². The normalized spacial score (nSPS) is 10.5. The molecule has 0 aliphatic heterocycles. The minimum absolute atomic E-state index is 0.0213. The van der Waals surface area contributed by atoms with E-state index in [1.807, 2.05) is 19.1 Å². The second-order valence-corrected chi connectivity index (χ2v) is 6.14. The number of nitrogen functional groups attached to an aromatic ring is 1. The molecule has 0 spiro atoms. The Bertz CT molecular complexity index is 582. The van der Waals surface area contributed by atoms with Gasteiger partial charge in [-0.05, 0) is 35.8 Å². The molecule has 1 aromatic heterocycles. The van der Waals surface area contributed by atoms with Crippen molar-refractivity contribution in [3.8, 4) is 0 Å². The molecule has 5 nitrogen and oxygen atoms in total. The molecule has 1 amide bonds. The third kappa shape index (κ3) is 3.71. The Morgan fingerprint density at radius 1 is 1.40 bits per heavy atom. The number of nitrogens with two attached hydrogens (primary N) is 1. The minimum Gasteiger partial charge on any atom is -0.399 e. The molecule has 0 saturated carbocycles. The van der Waals surface area contributed by atoms with Gasteiger partial charge in [-0.2, -0.15) is 4.37 Å². The molecule has 2 N–H and O–H groups in total. The first-order valence-electron chi connectivity index (χ1n) is 6.17. The van der Waals surface area contributed by atoms with E-state index in [1.165, 1.54) is 23.3 Å². The van der Waals surface area contributed by atoms with E-state index in [1.54, 1.807) is 24.1 Å². The molecular formula is C13H16N4OS2. The summed E-state index contributed by atoms with van der Waals surface area (Å²) in [6.45, 7) is 2.01. The summed E-state index contributed by atoms with van der Waals surface area (Å²) in [5, 5.41) is 0. The number of thioether (sulfide) groups is 1. The van der Waals surface area contributed by atoms with Gasteiger partial charge in [0.05, 0.1) is 5.75 Å². The highest BCUT2D eigenvalue weighted by molar-refractivity contribution is 8.01. The number of carbonyl (C=O) groups excluding carboxylic acids is 1. The van der Waals surface area contributed by atoms with E-state index in [-0.39, 0.29) is 5.91 Å². The average Bonchev–Trinajstić information content (AvgIpc) is 2.93. The topological polar surface area (TPSA) is 72.1 Å². The summed E-state index contributed by atoms with van der Waals surface area (Å²) in [6.07, 6.45) is 0.816. The van der Waals surface area contributed by atoms with Crippen molar-refractivity contribution in [2.75, 3.05) is 23.4 Å². The standard InChI is InChI=1S/C13H16N4OS2/c1-3-11-15-13(20-16-11)19-8-12(18)17(2)10-6-4-9(14)5-7-10/h4-7H,3,8,14H2,1-2H3. The number of hydrogen-bond acceptors (Lipinski definition) is 6. The van der Waals surface area contributed by atoms with Gasteiger partial charge in [0.1, 0.15) is 5.82 Å². The Kier molecular flexibility index (Phi) is 4.97. The third-order valence-corrected chi connectivity index (χ3v) is 4.60. The molecule has 1 aromatic carbocycles. The largest absolute Gasteiger partial charge is 0.399 e. The first-order chi connectivity index (χ1) is 9.60. The second kappa shape index (κ2) is 6.71. The fraction of sp³-hybridized carbons (Fsp3) is 0.308. The van der Waals surface area contributed by atoms with Crippen molar-refractivity contribution in [1.82, 2.24) is 9.36 Å². The Hall–Kier alpha value is -1.60. The van der Waals surface area contributed by atoms with Gasteiger partial charge in [-0.15, -0.1) is 0 Å². The van der Waals surface area contributed by atoms with E-state index in [9.17, 15) is 4.79 Å². The van der Waals surface area contributed by atoms with Crippen LogP contribution in [0, 0.1) is 0 Å². The summed E-state index contributed by atoms with van der Waals surface area (Å²) < 4.78 is 5.03. The SMILES string of the molecule is CCc1nsc(SCC(=O)N(C)c2ccc(N)cc2)n1. The van der Waals surface area contributed by atoms with E-state index < -0.39 is 0 Å². The van der Waals surface area contributed by atoms with Crippen molar-refractivity contribution in [2.45, 2.75) is 17.7 Å². The Morgan fingerprint density at radius 2 is 2.10 bits per heavy atom. The number of aromatic nitrogens is 2. The Balaban J connectivity index is 1.92. The van der Waals surface area contributed by atoms with E-state index in [2.05, 4.69) is 9.36 Å². The molecule has 2 rings (SSSR count). The molecule has 0 bridgehead atoms. The minimum atomic E-state index is 0.0213. The van der Waals surface area contributed by atoms with Gasteiger partial charge in [0.2, 0.25) is 5.91 Å². The molecule has 0 fully saturated rings. The van der Waals surface area contributed by atoms with E-state index in [4.69, 9.17) is 5.73 Å². The van der Waals surface area contributed by atoms with Gasteiger partial charge in [-0.3, -0.25) is 4.79 Å². The molecule has 0 saturated heterocycles. The number of anilines is 2. The predicted molar refractivity (Wildman–Crippen MR) is 84.3 cm³/mol. The predicted octanol–water partition coefficient (Wildman–Crippen LogP) is 2.44. The summed E-state index contributed by atoms with van der Waals surface area (Å²) in [5.74, 6) is 1.20. The molecule has 0 atom stereocenters. The summed E-state index contributed by atoms with van der Waals surface area (Å²) in [4.78, 5) is 18.1. The number of amides is 1. The number of benzene rings is 1. The molecule has 7 heteroatoms. The smallest absolute Gasteiger partial charge is 0.237 e. The summed E-state index contributed by atoms with van der Waals surface area (Å²) in [6, 6.07) is 7.23. The van der Waals surface area contributed by atoms with Crippen molar-refractivity contribution in [3.63, 3.8) is 0 Å². The zero-order valence-corrected chi connectivity index (χ0v) is 13.0. The van der Waals surface area contributed by atoms with Crippen LogP contribution >= 0.6 is 23.3 Å². The number of hydrogen-bond donors (Lipinski definition) is 1. The fourth-order valence-electron chi connectivity index (χ4n) is 1.50. The monoisotopic (exact) mass is 308 g/mol. The number of carbonyl (C=O) groups is 1. The van der Waals surface area contributed by atoms with Crippen LogP contribution in [-0.4, -0.2) is 28.1 Å². The molecule has 0 aliphatic carbocycles. The van der Waals surface area contributed by atoms with Gasteiger partial charge >= 0.3 is 0 Å². The third-order valence-electron chi connectivity index (χ3n) is 2.74. The maximum Gasteiger partial charge on any atom is 0.237 e. The van der Waals surface area contributed by atoms with Crippen LogP contribution in [0.2, 0.25) is 0 Å². The summed E-state index contributed by atoms with van der Waals surface area (Å²) >= 11 is 2.76. The lowest BCUT2D eigenvalue weighted by Gasteiger charge is -2.16. The van der Waals surface area contributed by atoms with Crippen molar-refractivity contribution < 1.29 is 4.79 Å². The molecule has 106 valence electrons. The van der Waals surface area contributed by atoms with Crippen molar-refractivity contribution >= 4 is 40.6 Å². The highest BCUT2D eigenvalue weighted by Gasteiger charge is 2.13. The second-order valence-electron chi connectivity index (χ2n) is 4.16. The Morgan fingerprint density at radius 3 is 2.70 bits per heavy atom. The summed E-state index contributed by atoms with van der Waals surface area (Å²) in [7, 11) is 1.76. The van der Waals surface area contributed by atoms with Crippen LogP contribution in [-0.2, 0) is 11.2 Å². The molecule has 1 heterocycles. The Labute approximate surface area is 126 Å². The van der Waals surface area contributed by atoms with Crippen LogP contribution in [0.15, 0.2) is 28.6 Å². The van der Waals surface area contributed by atoms with Crippen LogP contribution in [0.4, 0.5) is 11.4 Å². The molecular weight excluding hydrogens is 292 g/mol. The molecule has 0 unspecified atom stereocenters. The van der Waals surface area contributed by atoms with Gasteiger partial charge in [0.25, 0.3) is 0 Å². The molecule has 20 heavy (non-hydrogen) atoms. The zero-order chi connectivity index (χ0) is 14.5. The van der Waals surface area contributed by atoms with E-state index >= 15 is 0 Å². The number of nitrogens with zero attached hydrogens (tertiary/aromatic N) is 3. The molecule has 0 aliphatic rings. The highest BCUT2D eigenvalue weighted by atomic mass is 32.2. The van der Waals surface area contributed by atoms with Gasteiger partial charge in [0, 0.05) is 24.8 Å². The quantitative estimate of drug-likeness (QED) is 0.678. The van der Waals surface area contributed by atoms with Crippen LogP contribution < -0.4 is 10.6 Å². The van der Waals surface area contributed by atoms with E-state index in [0.29, 0.717) is 11.4 Å².